The fourth-order valence-electron chi connectivity index (χ4n) is 6.39. The molecule has 4 aliphatic rings. The zero-order chi connectivity index (χ0) is 20.7. The van der Waals surface area contributed by atoms with E-state index in [0.717, 1.165) is 36.5 Å². The Morgan fingerprint density at radius 1 is 1.10 bits per heavy atom. The molecule has 0 amide bonds. The zero-order valence-corrected chi connectivity index (χ0v) is 18.7. The summed E-state index contributed by atoms with van der Waals surface area (Å²) in [4.78, 5) is 17.8. The number of carbonyl (C=O) groups is 1. The molecule has 0 saturated heterocycles. The maximum Gasteiger partial charge on any atom is 0.165 e. The molecule has 4 fully saturated rings. The second kappa shape index (κ2) is 8.29. The Hall–Kier alpha value is -1.36. The number of benzene rings is 1. The molecule has 1 N–H and O–H groups in total. The first kappa shape index (κ1) is 20.5. The van der Waals surface area contributed by atoms with Gasteiger partial charge in [-0.1, -0.05) is 41.9 Å². The zero-order valence-electron chi connectivity index (χ0n) is 17.1. The first-order chi connectivity index (χ1) is 14.5. The van der Waals surface area contributed by atoms with Crippen LogP contribution in [0.4, 0.5) is 0 Å². The number of carbonyl (C=O) groups excluding carboxylic acids is 1. The monoisotopic (exact) mass is 441 g/mol. The molecule has 1 aromatic heterocycles. The summed E-state index contributed by atoms with van der Waals surface area (Å²) in [5.74, 6) is 3.12. The van der Waals surface area contributed by atoms with Gasteiger partial charge in [-0.3, -0.25) is 4.79 Å². The van der Waals surface area contributed by atoms with Crippen molar-refractivity contribution >= 4 is 29.1 Å². The fraction of sp³-hybridized carbons (Fsp3) is 0.520. The number of aromatic nitrogens is 1. The number of pyridine rings is 1. The van der Waals surface area contributed by atoms with E-state index in [4.69, 9.17) is 11.6 Å². The van der Waals surface area contributed by atoms with E-state index in [1.165, 1.54) is 18.4 Å². The Morgan fingerprint density at radius 2 is 1.83 bits per heavy atom. The number of thioether (sulfide) groups is 1. The molecule has 4 bridgehead atoms. The average molecular weight is 442 g/mol. The van der Waals surface area contributed by atoms with Gasteiger partial charge in [0.05, 0.1) is 5.60 Å². The predicted octanol–water partition coefficient (Wildman–Crippen LogP) is 5.83. The molecule has 6 rings (SSSR count). The van der Waals surface area contributed by atoms with E-state index in [9.17, 15) is 9.90 Å². The molecular formula is C25H28ClNO2S. The van der Waals surface area contributed by atoms with Gasteiger partial charge in [0, 0.05) is 17.7 Å². The van der Waals surface area contributed by atoms with E-state index in [2.05, 4.69) is 17.1 Å². The van der Waals surface area contributed by atoms with Gasteiger partial charge in [-0.05, 0) is 79.9 Å². The lowest BCUT2D eigenvalue weighted by molar-refractivity contribution is -0.151. The summed E-state index contributed by atoms with van der Waals surface area (Å²) < 4.78 is 0. The number of aliphatic hydroxyl groups is 1. The minimum absolute atomic E-state index is 0.186. The van der Waals surface area contributed by atoms with Crippen molar-refractivity contribution in [2.75, 3.05) is 5.75 Å². The van der Waals surface area contributed by atoms with Crippen LogP contribution in [0.3, 0.4) is 0 Å². The van der Waals surface area contributed by atoms with Gasteiger partial charge in [0.15, 0.2) is 5.78 Å². The normalized spacial score (nSPS) is 31.8. The van der Waals surface area contributed by atoms with Crippen molar-refractivity contribution < 1.29 is 9.90 Å². The molecule has 2 aromatic rings. The van der Waals surface area contributed by atoms with Crippen molar-refractivity contribution in [2.24, 2.45) is 23.7 Å². The summed E-state index contributed by atoms with van der Waals surface area (Å²) in [5.41, 5.74) is 1.55. The highest BCUT2D eigenvalue weighted by atomic mass is 35.5. The quantitative estimate of drug-likeness (QED) is 0.333. The molecule has 0 radical (unpaired) electrons. The molecule has 3 nitrogen and oxygen atoms in total. The van der Waals surface area contributed by atoms with Crippen molar-refractivity contribution in [1.29, 1.82) is 0 Å². The smallest absolute Gasteiger partial charge is 0.165 e. The molecule has 2 unspecified atom stereocenters. The Kier molecular flexibility index (Phi) is 5.68. The van der Waals surface area contributed by atoms with Gasteiger partial charge in [-0.15, -0.1) is 11.8 Å². The summed E-state index contributed by atoms with van der Waals surface area (Å²) in [5, 5.41) is 12.0. The van der Waals surface area contributed by atoms with Gasteiger partial charge >= 0.3 is 0 Å². The number of hydrogen-bond acceptors (Lipinski definition) is 4. The third kappa shape index (κ3) is 4.19. The third-order valence-electron chi connectivity index (χ3n) is 7.46. The second-order valence-corrected chi connectivity index (χ2v) is 11.0. The molecule has 4 saturated carbocycles. The highest BCUT2D eigenvalue weighted by molar-refractivity contribution is 7.99. The Balaban J connectivity index is 1.27. The number of rotatable bonds is 7. The first-order valence-corrected chi connectivity index (χ1v) is 12.4. The largest absolute Gasteiger partial charge is 0.390 e. The van der Waals surface area contributed by atoms with Gasteiger partial charge in [-0.2, -0.15) is 0 Å². The maximum absolute atomic E-state index is 13.3. The van der Waals surface area contributed by atoms with E-state index in [1.54, 1.807) is 17.8 Å². The van der Waals surface area contributed by atoms with Crippen LogP contribution in [0.2, 0.25) is 5.15 Å². The number of ketones is 1. The van der Waals surface area contributed by atoms with Gasteiger partial charge in [0.25, 0.3) is 0 Å². The lowest BCUT2D eigenvalue weighted by Crippen LogP contribution is -2.54. The predicted molar refractivity (Wildman–Crippen MR) is 121 cm³/mol. The van der Waals surface area contributed by atoms with Crippen molar-refractivity contribution in [3.63, 3.8) is 0 Å². The third-order valence-corrected chi connectivity index (χ3v) is 8.66. The number of Topliss-reactive ketones (excluding diaryl/α,β-unsaturated/α-hetero) is 1. The fourth-order valence-corrected chi connectivity index (χ4v) is 7.62. The lowest BCUT2D eigenvalue weighted by Gasteiger charge is -2.58. The van der Waals surface area contributed by atoms with Crippen molar-refractivity contribution in [2.45, 2.75) is 55.6 Å². The molecule has 30 heavy (non-hydrogen) atoms. The second-order valence-electron chi connectivity index (χ2n) is 9.56. The van der Waals surface area contributed by atoms with Crippen molar-refractivity contribution in [1.82, 2.24) is 4.98 Å². The van der Waals surface area contributed by atoms with Crippen LogP contribution in [0.25, 0.3) is 0 Å². The highest BCUT2D eigenvalue weighted by Gasteiger charge is 2.54. The maximum atomic E-state index is 13.3. The van der Waals surface area contributed by atoms with Crippen molar-refractivity contribution in [3.8, 4) is 0 Å². The summed E-state index contributed by atoms with van der Waals surface area (Å²) >= 11 is 7.78. The minimum atomic E-state index is -0.448. The van der Waals surface area contributed by atoms with E-state index in [0.29, 0.717) is 40.8 Å². The first-order valence-electron chi connectivity index (χ1n) is 11.1. The lowest BCUT2D eigenvalue weighted by atomic mass is 9.49. The van der Waals surface area contributed by atoms with Gasteiger partial charge in [-0.25, -0.2) is 4.98 Å². The van der Waals surface area contributed by atoms with Crippen LogP contribution in [0, 0.1) is 23.7 Å². The Morgan fingerprint density at radius 3 is 2.53 bits per heavy atom. The molecule has 1 heterocycles. The standard InChI is InChI=1S/C25H28ClNO2S/c26-23-7-6-20(24(27-23)30-9-8-16-4-2-1-3-5-16)22(28)12-21-18-10-17-11-19(21)15-25(29,13-17)14-18/h1-7,17-19,21,29H,8-15H2. The number of halogens is 1. The molecule has 4 aliphatic carbocycles. The van der Waals surface area contributed by atoms with Crippen molar-refractivity contribution in [3.05, 3.63) is 58.7 Å². The van der Waals surface area contributed by atoms with Crippen LogP contribution in [0.15, 0.2) is 47.5 Å². The Bertz CT molecular complexity index is 918. The SMILES string of the molecule is O=C(CC1C2CC3CC1CC(O)(C3)C2)c1ccc(Cl)nc1SCCc1ccccc1. The van der Waals surface area contributed by atoms with E-state index >= 15 is 0 Å². The van der Waals surface area contributed by atoms with Gasteiger partial charge in [0.1, 0.15) is 10.2 Å². The Labute approximate surface area is 187 Å². The van der Waals surface area contributed by atoms with Crippen LogP contribution in [0.1, 0.15) is 54.4 Å². The van der Waals surface area contributed by atoms with Crippen LogP contribution in [0.5, 0.6) is 0 Å². The number of nitrogens with zero attached hydrogens (tertiary/aromatic N) is 1. The van der Waals surface area contributed by atoms with Crippen LogP contribution < -0.4 is 0 Å². The average Bonchev–Trinajstić information content (AvgIpc) is 2.70. The van der Waals surface area contributed by atoms with Gasteiger partial charge in [0.2, 0.25) is 0 Å². The van der Waals surface area contributed by atoms with Crippen LogP contribution >= 0.6 is 23.4 Å². The van der Waals surface area contributed by atoms with Crippen LogP contribution in [-0.4, -0.2) is 27.2 Å². The molecule has 1 aromatic carbocycles. The molecule has 0 spiro atoms. The molecule has 158 valence electrons. The van der Waals surface area contributed by atoms with Crippen LogP contribution in [-0.2, 0) is 6.42 Å². The van der Waals surface area contributed by atoms with E-state index < -0.39 is 5.60 Å². The molecule has 5 heteroatoms. The summed E-state index contributed by atoms with van der Waals surface area (Å²) in [6.07, 6.45) is 6.63. The number of hydrogen-bond donors (Lipinski definition) is 1. The molecule has 0 aliphatic heterocycles. The summed E-state index contributed by atoms with van der Waals surface area (Å²) in [6.45, 7) is 0. The van der Waals surface area contributed by atoms with E-state index in [-0.39, 0.29) is 5.78 Å². The highest BCUT2D eigenvalue weighted by Crippen LogP contribution is 2.59. The molecule has 2 atom stereocenters. The summed E-state index contributed by atoms with van der Waals surface area (Å²) in [7, 11) is 0. The van der Waals surface area contributed by atoms with Gasteiger partial charge < -0.3 is 5.11 Å². The minimum Gasteiger partial charge on any atom is -0.390 e. The summed E-state index contributed by atoms with van der Waals surface area (Å²) in [6, 6.07) is 14.0. The number of aryl methyl sites for hydroxylation is 1. The molecular weight excluding hydrogens is 414 g/mol. The topological polar surface area (TPSA) is 50.2 Å². The van der Waals surface area contributed by atoms with E-state index in [1.807, 2.05) is 24.3 Å².